The fourth-order valence-electron chi connectivity index (χ4n) is 5.23. The highest BCUT2D eigenvalue weighted by Gasteiger charge is 2.39. The van der Waals surface area contributed by atoms with Crippen molar-refractivity contribution < 1.29 is 28.3 Å². The summed E-state index contributed by atoms with van der Waals surface area (Å²) in [6.45, 7) is 13.8. The van der Waals surface area contributed by atoms with Gasteiger partial charge in [-0.15, -0.1) is 0 Å². The molecule has 1 amide bonds. The van der Waals surface area contributed by atoms with E-state index in [4.69, 9.17) is 18.7 Å². The molecule has 0 N–H and O–H groups in total. The standard InChI is InChI=1S/C31H46N4O6/c1-19-24(18-38-29(37)35(8)22-13-9-10-14-22)26(41-34-19)27-32-17-25(20(2)33-27)39-23-15-11-12-21(16-23)28(36)40-31(6,7)30(3,4)5/h17,21-23H,9-16,18H2,1-8H3/t21-,23-/m0/s1. The molecule has 2 aromatic rings. The Balaban J connectivity index is 1.39. The average Bonchev–Trinajstić information content (AvgIpc) is 3.57. The maximum atomic E-state index is 13.0. The van der Waals surface area contributed by atoms with Crippen LogP contribution in [0.15, 0.2) is 10.7 Å². The van der Waals surface area contributed by atoms with Gasteiger partial charge in [0.05, 0.1) is 35.2 Å². The van der Waals surface area contributed by atoms with Crippen LogP contribution >= 0.6 is 0 Å². The third-order valence-electron chi connectivity index (χ3n) is 9.04. The van der Waals surface area contributed by atoms with Crippen molar-refractivity contribution in [3.05, 3.63) is 23.1 Å². The molecule has 0 aromatic carbocycles. The molecule has 10 nitrogen and oxygen atoms in total. The zero-order valence-corrected chi connectivity index (χ0v) is 25.9. The van der Waals surface area contributed by atoms with Gasteiger partial charge in [0.15, 0.2) is 11.6 Å². The number of hydrogen-bond acceptors (Lipinski definition) is 9. The van der Waals surface area contributed by atoms with E-state index in [9.17, 15) is 9.59 Å². The van der Waals surface area contributed by atoms with Gasteiger partial charge in [-0.25, -0.2) is 14.8 Å². The zero-order chi connectivity index (χ0) is 29.9. The minimum absolute atomic E-state index is 0.0206. The summed E-state index contributed by atoms with van der Waals surface area (Å²) in [6, 6.07) is 0.226. The molecule has 10 heteroatoms. The van der Waals surface area contributed by atoms with E-state index >= 15 is 0 Å². The highest BCUT2D eigenvalue weighted by Crippen LogP contribution is 2.36. The zero-order valence-electron chi connectivity index (χ0n) is 25.9. The number of esters is 1. The summed E-state index contributed by atoms with van der Waals surface area (Å²) in [7, 11) is 1.79. The van der Waals surface area contributed by atoms with E-state index in [1.54, 1.807) is 25.1 Å². The number of rotatable bonds is 8. The van der Waals surface area contributed by atoms with Crippen molar-refractivity contribution in [2.75, 3.05) is 7.05 Å². The van der Waals surface area contributed by atoms with Crippen LogP contribution in [0.3, 0.4) is 0 Å². The third kappa shape index (κ3) is 7.19. The Morgan fingerprint density at radius 3 is 2.39 bits per heavy atom. The Morgan fingerprint density at radius 1 is 1.02 bits per heavy atom. The number of amides is 1. The first kappa shape index (κ1) is 30.8. The minimum atomic E-state index is -0.569. The second-order valence-corrected chi connectivity index (χ2v) is 13.1. The number of ether oxygens (including phenoxy) is 3. The molecule has 0 saturated heterocycles. The second-order valence-electron chi connectivity index (χ2n) is 13.1. The van der Waals surface area contributed by atoms with Crippen molar-refractivity contribution in [2.24, 2.45) is 11.3 Å². The highest BCUT2D eigenvalue weighted by molar-refractivity contribution is 5.73. The first-order chi connectivity index (χ1) is 19.3. The summed E-state index contributed by atoms with van der Waals surface area (Å²) in [5.41, 5.74) is 1.16. The van der Waals surface area contributed by atoms with Crippen LogP contribution in [0.4, 0.5) is 4.79 Å². The van der Waals surface area contributed by atoms with Crippen molar-refractivity contribution >= 4 is 12.1 Å². The van der Waals surface area contributed by atoms with E-state index in [1.807, 2.05) is 20.8 Å². The van der Waals surface area contributed by atoms with Gasteiger partial charge in [-0.3, -0.25) is 4.79 Å². The van der Waals surface area contributed by atoms with Crippen LogP contribution in [0, 0.1) is 25.2 Å². The van der Waals surface area contributed by atoms with Gasteiger partial charge in [0.2, 0.25) is 5.76 Å². The summed E-state index contributed by atoms with van der Waals surface area (Å²) >= 11 is 0. The molecule has 2 aliphatic carbocycles. The number of carbonyl (C=O) groups excluding carboxylic acids is 2. The topological polar surface area (TPSA) is 117 Å². The SMILES string of the molecule is Cc1nc(-c2onc(C)c2COC(=O)N(C)C2CCCC2)ncc1O[C@H]1CCC[C@H](C(=O)OC(C)(C)C(C)(C)C)C1. The monoisotopic (exact) mass is 570 g/mol. The van der Waals surface area contributed by atoms with E-state index < -0.39 is 5.60 Å². The lowest BCUT2D eigenvalue weighted by Gasteiger charge is -2.39. The van der Waals surface area contributed by atoms with Gasteiger partial charge in [-0.05, 0) is 66.2 Å². The molecule has 2 aliphatic rings. The molecule has 2 heterocycles. The van der Waals surface area contributed by atoms with Gasteiger partial charge < -0.3 is 23.6 Å². The summed E-state index contributed by atoms with van der Waals surface area (Å²) in [5, 5.41) is 4.07. The van der Waals surface area contributed by atoms with Crippen molar-refractivity contribution in [3.8, 4) is 17.3 Å². The quantitative estimate of drug-likeness (QED) is 0.325. The first-order valence-corrected chi connectivity index (χ1v) is 14.8. The van der Waals surface area contributed by atoms with E-state index in [0.29, 0.717) is 40.7 Å². The molecule has 226 valence electrons. The average molecular weight is 571 g/mol. The summed E-state index contributed by atoms with van der Waals surface area (Å²) in [4.78, 5) is 36.4. The van der Waals surface area contributed by atoms with Gasteiger partial charge in [-0.2, -0.15) is 0 Å². The number of carbonyl (C=O) groups is 2. The molecule has 2 saturated carbocycles. The molecule has 2 aromatic heterocycles. The molecular weight excluding hydrogens is 524 g/mol. The number of hydrogen-bond donors (Lipinski definition) is 0. The maximum absolute atomic E-state index is 13.0. The number of nitrogens with zero attached hydrogens (tertiary/aromatic N) is 4. The van der Waals surface area contributed by atoms with Crippen LogP contribution in [-0.4, -0.2) is 56.9 Å². The normalized spacial score (nSPS) is 20.1. The Bertz CT molecular complexity index is 1230. The van der Waals surface area contributed by atoms with Crippen molar-refractivity contribution in [2.45, 2.75) is 124 Å². The van der Waals surface area contributed by atoms with Crippen LogP contribution in [0.1, 0.15) is 103 Å². The Kier molecular flexibility index (Phi) is 9.29. The fraction of sp³-hybridized carbons (Fsp3) is 0.710. The molecule has 2 atom stereocenters. The molecule has 0 aliphatic heterocycles. The summed E-state index contributed by atoms with van der Waals surface area (Å²) in [6.07, 6.45) is 8.53. The fourth-order valence-corrected chi connectivity index (χ4v) is 5.23. The van der Waals surface area contributed by atoms with Gasteiger partial charge in [0.1, 0.15) is 12.2 Å². The van der Waals surface area contributed by atoms with Crippen molar-refractivity contribution in [1.29, 1.82) is 0 Å². The Labute approximate surface area is 243 Å². The van der Waals surface area contributed by atoms with Gasteiger partial charge in [0.25, 0.3) is 0 Å². The van der Waals surface area contributed by atoms with Crippen LogP contribution in [0.2, 0.25) is 0 Å². The minimum Gasteiger partial charge on any atom is -0.487 e. The number of aromatic nitrogens is 3. The third-order valence-corrected chi connectivity index (χ3v) is 9.04. The molecule has 0 spiro atoms. The van der Waals surface area contributed by atoms with Crippen molar-refractivity contribution in [3.63, 3.8) is 0 Å². The van der Waals surface area contributed by atoms with Gasteiger partial charge in [0, 0.05) is 18.5 Å². The first-order valence-electron chi connectivity index (χ1n) is 14.8. The lowest BCUT2D eigenvalue weighted by Crippen LogP contribution is -2.43. The molecule has 2 fully saturated rings. The Morgan fingerprint density at radius 2 is 1.73 bits per heavy atom. The van der Waals surface area contributed by atoms with Crippen LogP contribution in [-0.2, 0) is 20.9 Å². The second kappa shape index (κ2) is 12.4. The summed E-state index contributed by atoms with van der Waals surface area (Å²) < 4.78 is 23.4. The summed E-state index contributed by atoms with van der Waals surface area (Å²) in [5.74, 6) is 0.914. The van der Waals surface area contributed by atoms with E-state index in [-0.39, 0.29) is 42.1 Å². The largest absolute Gasteiger partial charge is 0.487 e. The highest BCUT2D eigenvalue weighted by atomic mass is 16.6. The van der Waals surface area contributed by atoms with Crippen LogP contribution in [0.25, 0.3) is 11.6 Å². The predicted molar refractivity (Wildman–Crippen MR) is 153 cm³/mol. The van der Waals surface area contributed by atoms with E-state index in [2.05, 4.69) is 35.9 Å². The van der Waals surface area contributed by atoms with E-state index in [1.165, 1.54) is 0 Å². The van der Waals surface area contributed by atoms with Crippen molar-refractivity contribution in [1.82, 2.24) is 20.0 Å². The van der Waals surface area contributed by atoms with Gasteiger partial charge in [-0.1, -0.05) is 38.8 Å². The van der Waals surface area contributed by atoms with Gasteiger partial charge >= 0.3 is 12.1 Å². The molecule has 41 heavy (non-hydrogen) atoms. The lowest BCUT2D eigenvalue weighted by atomic mass is 9.78. The predicted octanol–water partition coefficient (Wildman–Crippen LogP) is 6.56. The molecular formula is C31H46N4O6. The number of aryl methyl sites for hydroxylation is 2. The van der Waals surface area contributed by atoms with E-state index in [0.717, 1.165) is 44.9 Å². The van der Waals surface area contributed by atoms with Crippen LogP contribution < -0.4 is 4.74 Å². The molecule has 0 unspecified atom stereocenters. The molecule has 0 bridgehead atoms. The Hall–Kier alpha value is -3.17. The lowest BCUT2D eigenvalue weighted by molar-refractivity contribution is -0.174. The smallest absolute Gasteiger partial charge is 0.410 e. The maximum Gasteiger partial charge on any atom is 0.410 e. The van der Waals surface area contributed by atoms with Crippen LogP contribution in [0.5, 0.6) is 5.75 Å². The molecule has 0 radical (unpaired) electrons. The molecule has 4 rings (SSSR count).